The molecule has 0 spiro atoms. The van der Waals surface area contributed by atoms with Crippen LogP contribution in [0.15, 0.2) is 91.0 Å². The summed E-state index contributed by atoms with van der Waals surface area (Å²) in [7, 11) is 0. The summed E-state index contributed by atoms with van der Waals surface area (Å²) in [5.74, 6) is 0.0324. The molecule has 31 heavy (non-hydrogen) atoms. The molecular weight excluding hydrogens is 382 g/mol. The van der Waals surface area contributed by atoms with E-state index in [9.17, 15) is 9.59 Å². The first-order chi connectivity index (χ1) is 15.2. The molecule has 3 aromatic carbocycles. The van der Waals surface area contributed by atoms with E-state index in [0.29, 0.717) is 11.1 Å². The van der Waals surface area contributed by atoms with Crippen molar-refractivity contribution in [2.24, 2.45) is 0 Å². The first-order valence-corrected chi connectivity index (χ1v) is 11.0. The summed E-state index contributed by atoms with van der Waals surface area (Å²) in [5.41, 5.74) is 3.76. The van der Waals surface area contributed by atoms with Crippen LogP contribution < -0.4 is 0 Å². The van der Waals surface area contributed by atoms with Gasteiger partial charge in [-0.3, -0.25) is 9.59 Å². The van der Waals surface area contributed by atoms with Gasteiger partial charge in [0.15, 0.2) is 5.78 Å². The molecule has 156 valence electrons. The Labute approximate surface area is 184 Å². The zero-order valence-electron chi connectivity index (χ0n) is 17.7. The molecule has 0 radical (unpaired) electrons. The summed E-state index contributed by atoms with van der Waals surface area (Å²) in [4.78, 5) is 28.9. The van der Waals surface area contributed by atoms with Crippen molar-refractivity contribution in [1.29, 1.82) is 0 Å². The van der Waals surface area contributed by atoms with Crippen LogP contribution in [0, 0.1) is 0 Å². The molecule has 0 unspecified atom stereocenters. The summed E-state index contributed by atoms with van der Waals surface area (Å²) in [5, 5.41) is 0. The molecule has 1 amide bonds. The normalized spacial score (nSPS) is 14.6. The first kappa shape index (κ1) is 20.8. The first-order valence-electron chi connectivity index (χ1n) is 11.0. The molecule has 0 aliphatic carbocycles. The van der Waals surface area contributed by atoms with E-state index in [0.717, 1.165) is 42.6 Å². The third-order valence-corrected chi connectivity index (χ3v) is 5.79. The van der Waals surface area contributed by atoms with Gasteiger partial charge in [0.2, 0.25) is 5.91 Å². The maximum Gasteiger partial charge on any atom is 0.227 e. The van der Waals surface area contributed by atoms with Crippen molar-refractivity contribution in [3.63, 3.8) is 0 Å². The van der Waals surface area contributed by atoms with Gasteiger partial charge >= 0.3 is 0 Å². The lowest BCUT2D eigenvalue weighted by molar-refractivity contribution is -0.130. The van der Waals surface area contributed by atoms with Gasteiger partial charge in [0.05, 0.1) is 6.42 Å². The van der Waals surface area contributed by atoms with Crippen molar-refractivity contribution in [3.8, 4) is 0 Å². The molecule has 3 nitrogen and oxygen atoms in total. The number of allylic oxidation sites excluding steroid dienone is 1. The van der Waals surface area contributed by atoms with Crippen molar-refractivity contribution in [1.82, 2.24) is 4.90 Å². The van der Waals surface area contributed by atoms with Crippen molar-refractivity contribution < 1.29 is 9.59 Å². The second-order valence-electron chi connectivity index (χ2n) is 7.90. The maximum absolute atomic E-state index is 13.7. The smallest absolute Gasteiger partial charge is 0.227 e. The molecule has 0 saturated carbocycles. The predicted octanol–water partition coefficient (Wildman–Crippen LogP) is 5.88. The Morgan fingerprint density at radius 1 is 0.613 bits per heavy atom. The average Bonchev–Trinajstić information content (AvgIpc) is 2.85. The molecule has 3 heteroatoms. The van der Waals surface area contributed by atoms with Crippen LogP contribution in [0.1, 0.15) is 47.2 Å². The van der Waals surface area contributed by atoms with Gasteiger partial charge in [-0.25, -0.2) is 0 Å². The number of carbonyl (C=O) groups excluding carboxylic acids is 2. The highest BCUT2D eigenvalue weighted by Crippen LogP contribution is 2.32. The summed E-state index contributed by atoms with van der Waals surface area (Å²) in [6, 6.07) is 28.9. The van der Waals surface area contributed by atoms with Gasteiger partial charge in [0.25, 0.3) is 0 Å². The predicted molar refractivity (Wildman–Crippen MR) is 126 cm³/mol. The largest absolute Gasteiger partial charge is 0.342 e. The summed E-state index contributed by atoms with van der Waals surface area (Å²) < 4.78 is 0. The van der Waals surface area contributed by atoms with Gasteiger partial charge in [-0.15, -0.1) is 0 Å². The number of hydrogen-bond donors (Lipinski definition) is 0. The van der Waals surface area contributed by atoms with Crippen LogP contribution in [-0.4, -0.2) is 29.7 Å². The third kappa shape index (κ3) is 5.00. The molecular formula is C28H27NO2. The Kier molecular flexibility index (Phi) is 6.73. The lowest BCUT2D eigenvalue weighted by Crippen LogP contribution is -2.35. The third-order valence-electron chi connectivity index (χ3n) is 5.79. The molecule has 0 N–H and O–H groups in total. The van der Waals surface area contributed by atoms with Crippen LogP contribution in [0.2, 0.25) is 0 Å². The molecule has 0 aromatic heterocycles. The van der Waals surface area contributed by atoms with E-state index >= 15 is 0 Å². The SMILES string of the molecule is O=C(/C(=C(\CC(=O)N1CCCCC1)c1ccccc1)c1ccccc1)c1ccccc1. The summed E-state index contributed by atoms with van der Waals surface area (Å²) in [6.45, 7) is 1.60. The van der Waals surface area contributed by atoms with Crippen LogP contribution in [0.4, 0.5) is 0 Å². The lowest BCUT2D eigenvalue weighted by atomic mass is 9.87. The van der Waals surface area contributed by atoms with Crippen LogP contribution in [0.5, 0.6) is 0 Å². The fourth-order valence-electron chi connectivity index (χ4n) is 4.16. The van der Waals surface area contributed by atoms with Gasteiger partial charge in [-0.05, 0) is 36.0 Å². The fraction of sp³-hybridized carbons (Fsp3) is 0.214. The Balaban J connectivity index is 1.85. The number of rotatable bonds is 6. The second kappa shape index (κ2) is 10.0. The Morgan fingerprint density at radius 3 is 1.65 bits per heavy atom. The number of likely N-dealkylation sites (tertiary alicyclic amines) is 1. The van der Waals surface area contributed by atoms with Crippen molar-refractivity contribution in [3.05, 3.63) is 108 Å². The van der Waals surface area contributed by atoms with Crippen LogP contribution in [-0.2, 0) is 4.79 Å². The minimum atomic E-state index is -0.0582. The Bertz CT molecular complexity index is 1050. The number of Topliss-reactive ketones (excluding diaryl/α,β-unsaturated/α-hetero) is 1. The zero-order chi connectivity index (χ0) is 21.5. The van der Waals surface area contributed by atoms with Crippen molar-refractivity contribution >= 4 is 22.8 Å². The van der Waals surface area contributed by atoms with Gasteiger partial charge < -0.3 is 4.90 Å². The number of ketones is 1. The number of piperidine rings is 1. The monoisotopic (exact) mass is 409 g/mol. The topological polar surface area (TPSA) is 37.4 Å². The Morgan fingerprint density at radius 2 is 1.10 bits per heavy atom. The van der Waals surface area contributed by atoms with E-state index in [1.807, 2.05) is 95.9 Å². The van der Waals surface area contributed by atoms with Crippen LogP contribution >= 0.6 is 0 Å². The molecule has 4 rings (SSSR count). The van der Waals surface area contributed by atoms with Gasteiger partial charge in [0, 0.05) is 24.2 Å². The maximum atomic E-state index is 13.7. The number of amides is 1. The van der Waals surface area contributed by atoms with E-state index in [1.165, 1.54) is 6.42 Å². The van der Waals surface area contributed by atoms with Crippen LogP contribution in [0.25, 0.3) is 11.1 Å². The minimum absolute atomic E-state index is 0.0582. The molecule has 3 aromatic rings. The summed E-state index contributed by atoms with van der Waals surface area (Å²) >= 11 is 0. The molecule has 1 heterocycles. The van der Waals surface area contributed by atoms with Gasteiger partial charge in [0.1, 0.15) is 0 Å². The number of nitrogens with zero attached hydrogens (tertiary/aromatic N) is 1. The van der Waals surface area contributed by atoms with Crippen molar-refractivity contribution in [2.75, 3.05) is 13.1 Å². The minimum Gasteiger partial charge on any atom is -0.342 e. The van der Waals surface area contributed by atoms with Crippen molar-refractivity contribution in [2.45, 2.75) is 25.7 Å². The second-order valence-corrected chi connectivity index (χ2v) is 7.90. The molecule has 0 atom stereocenters. The lowest BCUT2D eigenvalue weighted by Gasteiger charge is -2.27. The zero-order valence-corrected chi connectivity index (χ0v) is 17.7. The molecule has 1 aliphatic rings. The standard InChI is InChI=1S/C28H27NO2/c30-26(29-19-11-4-12-20-29)21-25(22-13-5-1-6-14-22)27(23-15-7-2-8-16-23)28(31)24-17-9-3-10-18-24/h1-3,5-10,13-18H,4,11-12,19-21H2/b27-25+. The van der Waals surface area contributed by atoms with Gasteiger partial charge in [-0.2, -0.15) is 0 Å². The fourth-order valence-corrected chi connectivity index (χ4v) is 4.16. The number of carbonyl (C=O) groups is 2. The number of benzene rings is 3. The van der Waals surface area contributed by atoms with Crippen LogP contribution in [0.3, 0.4) is 0 Å². The highest BCUT2D eigenvalue weighted by molar-refractivity contribution is 6.35. The number of hydrogen-bond acceptors (Lipinski definition) is 2. The molecule has 1 aliphatic heterocycles. The van der Waals surface area contributed by atoms with E-state index in [2.05, 4.69) is 0 Å². The van der Waals surface area contributed by atoms with E-state index < -0.39 is 0 Å². The highest BCUT2D eigenvalue weighted by atomic mass is 16.2. The molecule has 1 fully saturated rings. The summed E-state index contributed by atoms with van der Waals surface area (Å²) in [6.07, 6.45) is 3.48. The average molecular weight is 410 g/mol. The highest BCUT2D eigenvalue weighted by Gasteiger charge is 2.24. The Hall–Kier alpha value is -3.46. The van der Waals surface area contributed by atoms with E-state index in [1.54, 1.807) is 0 Å². The quantitative estimate of drug-likeness (QED) is 0.289. The van der Waals surface area contributed by atoms with E-state index in [-0.39, 0.29) is 18.1 Å². The molecule has 0 bridgehead atoms. The molecule has 1 saturated heterocycles. The van der Waals surface area contributed by atoms with E-state index in [4.69, 9.17) is 0 Å². The van der Waals surface area contributed by atoms with Gasteiger partial charge in [-0.1, -0.05) is 91.0 Å².